The van der Waals surface area contributed by atoms with Crippen LogP contribution in [0.5, 0.6) is 5.75 Å². The van der Waals surface area contributed by atoms with Crippen molar-refractivity contribution in [1.82, 2.24) is 4.90 Å². The lowest BCUT2D eigenvalue weighted by Crippen LogP contribution is -2.43. The summed E-state index contributed by atoms with van der Waals surface area (Å²) in [6, 6.07) is 5.91. The Kier molecular flexibility index (Phi) is 5.48. The maximum Gasteiger partial charge on any atom is 0.162 e. The Bertz CT molecular complexity index is 977. The van der Waals surface area contributed by atoms with Gasteiger partial charge in [-0.25, -0.2) is 0 Å². The van der Waals surface area contributed by atoms with Crippen molar-refractivity contribution in [2.45, 2.75) is 66.2 Å². The number of benzene rings is 1. The Morgan fingerprint density at radius 2 is 1.48 bits per heavy atom. The van der Waals surface area contributed by atoms with E-state index in [2.05, 4.69) is 48.5 Å². The number of carbonyl (C=O) groups excluding carboxylic acids is 2. The molecule has 0 unspecified atom stereocenters. The van der Waals surface area contributed by atoms with Crippen LogP contribution in [0, 0.1) is 10.8 Å². The third kappa shape index (κ3) is 3.90. The van der Waals surface area contributed by atoms with Crippen molar-refractivity contribution in [1.29, 1.82) is 0 Å². The highest BCUT2D eigenvalue weighted by atomic mass is 79.9. The molecule has 4 rings (SSSR count). The van der Waals surface area contributed by atoms with Gasteiger partial charge in [0.25, 0.3) is 0 Å². The van der Waals surface area contributed by atoms with Crippen LogP contribution in [0.1, 0.15) is 71.8 Å². The normalized spacial score (nSPS) is 23.1. The van der Waals surface area contributed by atoms with Crippen LogP contribution in [-0.2, 0) is 9.59 Å². The molecule has 0 atom stereocenters. The van der Waals surface area contributed by atoms with Crippen LogP contribution in [0.4, 0.5) is 0 Å². The molecule has 31 heavy (non-hydrogen) atoms. The SMILES string of the molecule is CCOc1ccc(Br)cc1C1C2=C(CC(C)(C)CC2=O)N(C)C2=C1C(=O)CC(C)(C)C2. The molecule has 166 valence electrons. The monoisotopic (exact) mass is 485 g/mol. The summed E-state index contributed by atoms with van der Waals surface area (Å²) in [6.07, 6.45) is 2.64. The van der Waals surface area contributed by atoms with Gasteiger partial charge in [-0.3, -0.25) is 9.59 Å². The molecule has 0 radical (unpaired) electrons. The number of hydrogen-bond donors (Lipinski definition) is 0. The lowest BCUT2D eigenvalue weighted by atomic mass is 9.63. The molecule has 1 heterocycles. The van der Waals surface area contributed by atoms with Crippen molar-refractivity contribution in [2.24, 2.45) is 10.8 Å². The average Bonchev–Trinajstić information content (AvgIpc) is 2.63. The second-order valence-electron chi connectivity index (χ2n) is 10.7. The minimum atomic E-state index is -0.368. The number of hydrogen-bond acceptors (Lipinski definition) is 4. The number of nitrogens with zero attached hydrogens (tertiary/aromatic N) is 1. The van der Waals surface area contributed by atoms with Gasteiger partial charge in [0.2, 0.25) is 0 Å². The number of ether oxygens (including phenoxy) is 1. The molecule has 0 bridgehead atoms. The minimum absolute atomic E-state index is 0.0962. The van der Waals surface area contributed by atoms with Crippen molar-refractivity contribution in [2.75, 3.05) is 13.7 Å². The number of rotatable bonds is 3. The average molecular weight is 486 g/mol. The smallest absolute Gasteiger partial charge is 0.162 e. The Labute approximate surface area is 193 Å². The van der Waals surface area contributed by atoms with E-state index in [0.717, 1.165) is 51.2 Å². The molecule has 2 aliphatic carbocycles. The van der Waals surface area contributed by atoms with Gasteiger partial charge < -0.3 is 9.64 Å². The highest BCUT2D eigenvalue weighted by Gasteiger charge is 2.48. The van der Waals surface area contributed by atoms with Gasteiger partial charge in [-0.15, -0.1) is 0 Å². The van der Waals surface area contributed by atoms with E-state index in [1.807, 2.05) is 32.2 Å². The largest absolute Gasteiger partial charge is 0.494 e. The van der Waals surface area contributed by atoms with Gasteiger partial charge in [-0.1, -0.05) is 43.6 Å². The van der Waals surface area contributed by atoms with Gasteiger partial charge in [-0.2, -0.15) is 0 Å². The van der Waals surface area contributed by atoms with Gasteiger partial charge >= 0.3 is 0 Å². The van der Waals surface area contributed by atoms with E-state index in [9.17, 15) is 9.59 Å². The van der Waals surface area contributed by atoms with Gasteiger partial charge in [-0.05, 0) is 48.8 Å². The molecule has 0 fully saturated rings. The summed E-state index contributed by atoms with van der Waals surface area (Å²) < 4.78 is 6.90. The molecule has 1 aromatic rings. The van der Waals surface area contributed by atoms with Crippen molar-refractivity contribution < 1.29 is 14.3 Å². The van der Waals surface area contributed by atoms with Crippen molar-refractivity contribution >= 4 is 27.5 Å². The van der Waals surface area contributed by atoms with E-state index in [4.69, 9.17) is 4.74 Å². The van der Waals surface area contributed by atoms with Crippen molar-refractivity contribution in [3.8, 4) is 5.75 Å². The number of halogens is 1. The lowest BCUT2D eigenvalue weighted by molar-refractivity contribution is -0.119. The maximum atomic E-state index is 13.6. The molecule has 0 aromatic heterocycles. The first-order valence-electron chi connectivity index (χ1n) is 11.1. The molecule has 0 N–H and O–H groups in total. The highest BCUT2D eigenvalue weighted by molar-refractivity contribution is 9.10. The fourth-order valence-corrected chi connectivity index (χ4v) is 5.89. The van der Waals surface area contributed by atoms with E-state index in [1.54, 1.807) is 0 Å². The third-order valence-corrected chi connectivity index (χ3v) is 7.26. The summed E-state index contributed by atoms with van der Waals surface area (Å²) in [5.41, 5.74) is 4.42. The van der Waals surface area contributed by atoms with Crippen LogP contribution in [0.25, 0.3) is 0 Å². The van der Waals surface area contributed by atoms with Crippen LogP contribution >= 0.6 is 15.9 Å². The second kappa shape index (κ2) is 7.61. The first-order chi connectivity index (χ1) is 14.4. The molecule has 0 amide bonds. The fourth-order valence-electron chi connectivity index (χ4n) is 5.51. The summed E-state index contributed by atoms with van der Waals surface area (Å²) in [5.74, 6) is 0.672. The van der Waals surface area contributed by atoms with Gasteiger partial charge in [0, 0.05) is 58.4 Å². The van der Waals surface area contributed by atoms with Crippen LogP contribution in [-0.4, -0.2) is 30.1 Å². The highest BCUT2D eigenvalue weighted by Crippen LogP contribution is 2.55. The van der Waals surface area contributed by atoms with E-state index in [1.165, 1.54) is 0 Å². The number of ketones is 2. The summed E-state index contributed by atoms with van der Waals surface area (Å²) in [7, 11) is 2.04. The molecule has 0 spiro atoms. The van der Waals surface area contributed by atoms with Crippen LogP contribution < -0.4 is 4.74 Å². The van der Waals surface area contributed by atoms with Crippen LogP contribution in [0.2, 0.25) is 0 Å². The van der Waals surface area contributed by atoms with Gasteiger partial charge in [0.1, 0.15) is 5.75 Å². The fraction of sp³-hybridized carbons (Fsp3) is 0.538. The molecular weight excluding hydrogens is 454 g/mol. The molecule has 0 saturated carbocycles. The summed E-state index contributed by atoms with van der Waals surface area (Å²) in [5, 5.41) is 0. The maximum absolute atomic E-state index is 13.6. The predicted octanol–water partition coefficient (Wildman–Crippen LogP) is 6.16. The van der Waals surface area contributed by atoms with E-state index in [0.29, 0.717) is 19.4 Å². The Morgan fingerprint density at radius 3 is 1.97 bits per heavy atom. The Balaban J connectivity index is 2.01. The Hall–Kier alpha value is -1.88. The van der Waals surface area contributed by atoms with Crippen LogP contribution in [0.15, 0.2) is 45.2 Å². The van der Waals surface area contributed by atoms with E-state index >= 15 is 0 Å². The first-order valence-corrected chi connectivity index (χ1v) is 11.9. The number of Topliss-reactive ketones (excluding diaryl/α,β-unsaturated/α-hetero) is 2. The summed E-state index contributed by atoms with van der Waals surface area (Å²) >= 11 is 3.60. The van der Waals surface area contributed by atoms with E-state index in [-0.39, 0.29) is 28.3 Å². The third-order valence-electron chi connectivity index (χ3n) is 6.76. The molecule has 3 aliphatic rings. The van der Waals surface area contributed by atoms with Gasteiger partial charge in [0.15, 0.2) is 11.6 Å². The predicted molar refractivity (Wildman–Crippen MR) is 126 cm³/mol. The number of carbonyl (C=O) groups is 2. The van der Waals surface area contributed by atoms with Gasteiger partial charge in [0.05, 0.1) is 6.61 Å². The molecule has 1 aromatic carbocycles. The van der Waals surface area contributed by atoms with Crippen molar-refractivity contribution in [3.05, 3.63) is 50.8 Å². The molecular formula is C26H32BrNO3. The second-order valence-corrected chi connectivity index (χ2v) is 11.6. The molecule has 0 saturated heterocycles. The van der Waals surface area contributed by atoms with Crippen LogP contribution in [0.3, 0.4) is 0 Å². The van der Waals surface area contributed by atoms with Crippen molar-refractivity contribution in [3.63, 3.8) is 0 Å². The lowest BCUT2D eigenvalue weighted by Gasteiger charge is -2.48. The summed E-state index contributed by atoms with van der Waals surface area (Å²) in [4.78, 5) is 29.3. The molecule has 5 heteroatoms. The standard InChI is InChI=1S/C26H32BrNO3/c1-7-31-21-9-8-15(27)10-16(21)22-23-17(11-25(2,3)13-19(23)29)28(6)18-12-26(4,5)14-20(30)24(18)22/h8-10,22H,7,11-14H2,1-6H3. The topological polar surface area (TPSA) is 46.6 Å². The first kappa shape index (κ1) is 22.3. The Morgan fingerprint density at radius 1 is 0.968 bits per heavy atom. The zero-order chi connectivity index (χ0) is 22.7. The minimum Gasteiger partial charge on any atom is -0.494 e. The zero-order valence-electron chi connectivity index (χ0n) is 19.4. The zero-order valence-corrected chi connectivity index (χ0v) is 21.0. The molecule has 4 nitrogen and oxygen atoms in total. The van der Waals surface area contributed by atoms with E-state index < -0.39 is 0 Å². The quantitative estimate of drug-likeness (QED) is 0.513. The summed E-state index contributed by atoms with van der Waals surface area (Å²) in [6.45, 7) is 11.1. The molecule has 1 aliphatic heterocycles. The number of allylic oxidation sites excluding steroid dienone is 4.